The van der Waals surface area contributed by atoms with Crippen molar-refractivity contribution >= 4 is 12.2 Å². The molecule has 0 radical (unpaired) electrons. The van der Waals surface area contributed by atoms with Gasteiger partial charge in [0.25, 0.3) is 0 Å². The number of likely N-dealkylation sites (N-methyl/N-ethyl adjacent to an activating group) is 1. The summed E-state index contributed by atoms with van der Waals surface area (Å²) in [5, 5.41) is 9.90. The van der Waals surface area contributed by atoms with E-state index in [1.165, 1.54) is 0 Å². The Labute approximate surface area is 98.4 Å². The van der Waals surface area contributed by atoms with E-state index in [0.29, 0.717) is 4.77 Å². The molecule has 12 heavy (non-hydrogen) atoms. The zero-order valence-corrected chi connectivity index (χ0v) is 10.4. The van der Waals surface area contributed by atoms with Gasteiger partial charge in [-0.25, -0.2) is 4.68 Å². The van der Waals surface area contributed by atoms with Gasteiger partial charge in [0, 0.05) is 6.54 Å². The Morgan fingerprint density at radius 2 is 2.25 bits per heavy atom. The first kappa shape index (κ1) is 12.2. The van der Waals surface area contributed by atoms with Gasteiger partial charge in [-0.3, -0.25) is 0 Å². The molecule has 5 nitrogen and oxygen atoms in total. The van der Waals surface area contributed by atoms with E-state index in [9.17, 15) is 0 Å². The summed E-state index contributed by atoms with van der Waals surface area (Å²) in [4.78, 5) is 2.07. The SMILES string of the molecule is CN(C)CCn1[nH]nnc1=S.[Na+]. The molecule has 7 heteroatoms. The van der Waals surface area contributed by atoms with Crippen LogP contribution < -0.4 is 29.6 Å². The molecule has 1 rings (SSSR count). The van der Waals surface area contributed by atoms with Crippen LogP contribution >= 0.6 is 12.2 Å². The standard InChI is InChI=1S/C5H11N5S.Na/c1-9(2)3-4-10-5(11)6-7-8-10;/h3-4H2,1-2H3,(H,6,8,11);/q;+1. The van der Waals surface area contributed by atoms with Crippen LogP contribution in [0.25, 0.3) is 0 Å². The van der Waals surface area contributed by atoms with Gasteiger partial charge in [-0.05, 0) is 26.3 Å². The summed E-state index contributed by atoms with van der Waals surface area (Å²) in [5.74, 6) is 0. The van der Waals surface area contributed by atoms with E-state index in [2.05, 4.69) is 20.4 Å². The van der Waals surface area contributed by atoms with Crippen molar-refractivity contribution in [3.63, 3.8) is 0 Å². The number of nitrogens with one attached hydrogen (secondary N) is 1. The number of H-pyrrole nitrogens is 1. The molecule has 0 atom stereocenters. The quantitative estimate of drug-likeness (QED) is 0.411. The first-order chi connectivity index (χ1) is 5.20. The molecule has 0 bridgehead atoms. The van der Waals surface area contributed by atoms with Crippen molar-refractivity contribution < 1.29 is 29.6 Å². The maximum atomic E-state index is 4.88. The van der Waals surface area contributed by atoms with Gasteiger partial charge in [-0.15, -0.1) is 0 Å². The van der Waals surface area contributed by atoms with E-state index in [-0.39, 0.29) is 29.6 Å². The molecule has 1 N–H and O–H groups in total. The van der Waals surface area contributed by atoms with Crippen molar-refractivity contribution in [1.29, 1.82) is 0 Å². The topological polar surface area (TPSA) is 49.7 Å². The normalized spacial score (nSPS) is 9.92. The van der Waals surface area contributed by atoms with Crippen LogP contribution in [0.1, 0.15) is 0 Å². The van der Waals surface area contributed by atoms with Gasteiger partial charge in [0.05, 0.1) is 6.54 Å². The van der Waals surface area contributed by atoms with Crippen LogP contribution in [-0.2, 0) is 6.54 Å². The molecule has 1 heterocycles. The minimum atomic E-state index is 0. The van der Waals surface area contributed by atoms with Crippen LogP contribution in [0, 0.1) is 4.77 Å². The number of nitrogens with zero attached hydrogens (tertiary/aromatic N) is 4. The van der Waals surface area contributed by atoms with E-state index in [0.717, 1.165) is 13.1 Å². The van der Waals surface area contributed by atoms with Gasteiger partial charge >= 0.3 is 29.6 Å². The van der Waals surface area contributed by atoms with Crippen LogP contribution in [0.2, 0.25) is 0 Å². The summed E-state index contributed by atoms with van der Waals surface area (Å²) in [6.07, 6.45) is 0. The number of aromatic amines is 1. The van der Waals surface area contributed by atoms with Gasteiger partial charge in [0.15, 0.2) is 0 Å². The van der Waals surface area contributed by atoms with Gasteiger partial charge in [0.1, 0.15) is 0 Å². The Bertz CT molecular complexity index is 267. The van der Waals surface area contributed by atoms with E-state index in [1.54, 1.807) is 4.68 Å². The van der Waals surface area contributed by atoms with Gasteiger partial charge in [-0.2, -0.15) is 5.21 Å². The fourth-order valence-electron chi connectivity index (χ4n) is 0.662. The molecule has 0 aliphatic carbocycles. The number of aromatic nitrogens is 4. The summed E-state index contributed by atoms with van der Waals surface area (Å²) in [7, 11) is 4.01. The largest absolute Gasteiger partial charge is 1.00 e. The molecule has 62 valence electrons. The average molecular weight is 196 g/mol. The average Bonchev–Trinajstić information content (AvgIpc) is 2.31. The molecular weight excluding hydrogens is 185 g/mol. The Morgan fingerprint density at radius 3 is 2.67 bits per heavy atom. The summed E-state index contributed by atoms with van der Waals surface area (Å²) in [6, 6.07) is 0. The van der Waals surface area contributed by atoms with Crippen LogP contribution in [0.15, 0.2) is 0 Å². The first-order valence-corrected chi connectivity index (χ1v) is 3.73. The van der Waals surface area contributed by atoms with Crippen molar-refractivity contribution in [2.45, 2.75) is 6.54 Å². The number of hydrogen-bond acceptors (Lipinski definition) is 4. The zero-order chi connectivity index (χ0) is 8.27. The van der Waals surface area contributed by atoms with Crippen molar-refractivity contribution in [2.75, 3.05) is 20.6 Å². The fraction of sp³-hybridized carbons (Fsp3) is 0.800. The maximum Gasteiger partial charge on any atom is 1.00 e. The molecule has 0 aromatic carbocycles. The molecule has 0 saturated carbocycles. The summed E-state index contributed by atoms with van der Waals surface area (Å²) < 4.78 is 2.24. The van der Waals surface area contributed by atoms with Crippen molar-refractivity contribution in [3.8, 4) is 0 Å². The van der Waals surface area contributed by atoms with Crippen LogP contribution in [-0.4, -0.2) is 45.7 Å². The molecular formula is C5H11N5NaS+. The second-order valence-electron chi connectivity index (χ2n) is 2.54. The fourth-order valence-corrected chi connectivity index (χ4v) is 0.834. The predicted octanol–water partition coefficient (Wildman–Crippen LogP) is -3.10. The molecule has 0 saturated heterocycles. The van der Waals surface area contributed by atoms with Crippen LogP contribution in [0.5, 0.6) is 0 Å². The third-order valence-corrected chi connectivity index (χ3v) is 1.60. The predicted molar refractivity (Wildman–Crippen MR) is 43.8 cm³/mol. The van der Waals surface area contributed by atoms with Gasteiger partial charge < -0.3 is 4.90 Å². The van der Waals surface area contributed by atoms with Gasteiger partial charge in [-0.1, -0.05) is 10.3 Å². The zero-order valence-electron chi connectivity index (χ0n) is 7.61. The second kappa shape index (κ2) is 5.82. The number of rotatable bonds is 3. The minimum Gasteiger partial charge on any atom is -0.308 e. The Balaban J connectivity index is 0.00000121. The second-order valence-corrected chi connectivity index (χ2v) is 2.90. The van der Waals surface area contributed by atoms with Crippen molar-refractivity contribution in [1.82, 2.24) is 25.1 Å². The Hall–Kier alpha value is 0.250. The molecule has 0 aliphatic heterocycles. The molecule has 0 aliphatic rings. The summed E-state index contributed by atoms with van der Waals surface area (Å²) in [5.41, 5.74) is 0. The van der Waals surface area contributed by atoms with Crippen molar-refractivity contribution in [3.05, 3.63) is 4.77 Å². The number of tetrazole rings is 1. The van der Waals surface area contributed by atoms with Crippen molar-refractivity contribution in [2.24, 2.45) is 0 Å². The molecule has 1 aromatic rings. The third-order valence-electron chi connectivity index (χ3n) is 1.30. The van der Waals surface area contributed by atoms with E-state index in [1.807, 2.05) is 14.1 Å². The van der Waals surface area contributed by atoms with Gasteiger partial charge in [0.2, 0.25) is 4.77 Å². The minimum absolute atomic E-state index is 0. The molecule has 0 unspecified atom stereocenters. The number of hydrogen-bond donors (Lipinski definition) is 1. The molecule has 0 fully saturated rings. The van der Waals surface area contributed by atoms with Crippen LogP contribution in [0.4, 0.5) is 0 Å². The van der Waals surface area contributed by atoms with E-state index < -0.39 is 0 Å². The Morgan fingerprint density at radius 1 is 1.58 bits per heavy atom. The third kappa shape index (κ3) is 3.77. The molecule has 0 spiro atoms. The summed E-state index contributed by atoms with van der Waals surface area (Å²) >= 11 is 4.88. The smallest absolute Gasteiger partial charge is 0.308 e. The maximum absolute atomic E-state index is 4.88. The first-order valence-electron chi connectivity index (χ1n) is 3.33. The van der Waals surface area contributed by atoms with Crippen LogP contribution in [0.3, 0.4) is 0 Å². The molecule has 1 aromatic heterocycles. The van der Waals surface area contributed by atoms with E-state index in [4.69, 9.17) is 12.2 Å². The monoisotopic (exact) mass is 196 g/mol. The molecule has 0 amide bonds. The Kier molecular flexibility index (Phi) is 5.94. The summed E-state index contributed by atoms with van der Waals surface area (Å²) in [6.45, 7) is 1.73. The van der Waals surface area contributed by atoms with E-state index >= 15 is 0 Å².